The summed E-state index contributed by atoms with van der Waals surface area (Å²) in [4.78, 5) is 10.5. The molecule has 0 fully saturated rings. The van der Waals surface area contributed by atoms with Crippen LogP contribution in [0.15, 0.2) is 30.5 Å². The minimum absolute atomic E-state index is 0.0846. The van der Waals surface area contributed by atoms with Gasteiger partial charge in [0.2, 0.25) is 0 Å². The van der Waals surface area contributed by atoms with Crippen molar-refractivity contribution in [3.63, 3.8) is 0 Å². The molecule has 1 aromatic carbocycles. The molecule has 0 aliphatic heterocycles. The van der Waals surface area contributed by atoms with Gasteiger partial charge in [0.25, 0.3) is 4.92 Å². The summed E-state index contributed by atoms with van der Waals surface area (Å²) >= 11 is 0. The second kappa shape index (κ2) is 4.32. The summed E-state index contributed by atoms with van der Waals surface area (Å²) in [6.45, 7) is 2.00. The molecule has 0 aliphatic rings. The van der Waals surface area contributed by atoms with E-state index in [0.29, 0.717) is 12.2 Å². The monoisotopic (exact) mass is 236 g/mol. The maximum atomic E-state index is 13.0. The first-order chi connectivity index (χ1) is 8.08. The number of hydrogen-bond acceptors (Lipinski definition) is 2. The third kappa shape index (κ3) is 2.30. The first kappa shape index (κ1) is 11.3. The highest BCUT2D eigenvalue weighted by molar-refractivity contribution is 5.31. The molecule has 0 radical (unpaired) electrons. The summed E-state index contributed by atoms with van der Waals surface area (Å²) in [5.41, 5.74) is 1.34. The molecule has 17 heavy (non-hydrogen) atoms. The molecule has 0 unspecified atom stereocenters. The van der Waals surface area contributed by atoms with E-state index in [1.165, 1.54) is 23.0 Å². The highest BCUT2D eigenvalue weighted by Gasteiger charge is 2.20. The Morgan fingerprint density at radius 3 is 2.88 bits per heavy atom. The lowest BCUT2D eigenvalue weighted by molar-refractivity contribution is -0.730. The summed E-state index contributed by atoms with van der Waals surface area (Å²) in [5.74, 6) is -0.319. The molecule has 6 heteroatoms. The predicted octanol–water partition coefficient (Wildman–Crippen LogP) is 2.18. The van der Waals surface area contributed by atoms with E-state index in [4.69, 9.17) is 5.21 Å². The lowest BCUT2D eigenvalue weighted by atomic mass is 10.2. The zero-order valence-corrected chi connectivity index (χ0v) is 9.17. The van der Waals surface area contributed by atoms with Crippen LogP contribution in [0, 0.1) is 17.6 Å². The van der Waals surface area contributed by atoms with Crippen LogP contribution < -0.4 is 0 Å². The van der Waals surface area contributed by atoms with E-state index in [-0.39, 0.29) is 16.4 Å². The third-order valence-electron chi connectivity index (χ3n) is 2.50. The Bertz CT molecular complexity index is 566. The van der Waals surface area contributed by atoms with Gasteiger partial charge < -0.3 is 0 Å². The van der Waals surface area contributed by atoms with E-state index >= 15 is 0 Å². The normalized spacial score (nSPS) is 10.5. The highest BCUT2D eigenvalue weighted by atomic mass is 19.1. The molecule has 0 saturated heterocycles. The Morgan fingerprint density at radius 1 is 1.53 bits per heavy atom. The van der Waals surface area contributed by atoms with Crippen molar-refractivity contribution in [2.24, 2.45) is 0 Å². The molecule has 5 nitrogen and oxygen atoms in total. The van der Waals surface area contributed by atoms with E-state index < -0.39 is 0 Å². The van der Waals surface area contributed by atoms with Gasteiger partial charge in [0.1, 0.15) is 17.7 Å². The first-order valence-electron chi connectivity index (χ1n) is 5.01. The zero-order chi connectivity index (χ0) is 12.4. The SMILES string of the molecule is Cc1c([N+](=O)O)cnn1Cc1cccc(F)c1. The second-order valence-corrected chi connectivity index (χ2v) is 3.68. The van der Waals surface area contributed by atoms with Crippen LogP contribution in [-0.4, -0.2) is 19.9 Å². The van der Waals surface area contributed by atoms with Crippen molar-refractivity contribution in [2.75, 3.05) is 0 Å². The smallest absolute Gasteiger partial charge is 0.258 e. The van der Waals surface area contributed by atoms with Crippen molar-refractivity contribution in [2.45, 2.75) is 13.5 Å². The lowest BCUT2D eigenvalue weighted by Crippen LogP contribution is -2.04. The Labute approximate surface area is 96.6 Å². The Hall–Kier alpha value is -2.24. The van der Waals surface area contributed by atoms with Gasteiger partial charge in [-0.2, -0.15) is 5.10 Å². The number of aromatic nitrogens is 2. The van der Waals surface area contributed by atoms with Crippen molar-refractivity contribution < 1.29 is 14.5 Å². The van der Waals surface area contributed by atoms with Crippen LogP contribution in [0.2, 0.25) is 0 Å². The second-order valence-electron chi connectivity index (χ2n) is 3.68. The average Bonchev–Trinajstić information content (AvgIpc) is 2.61. The molecule has 0 bridgehead atoms. The van der Waals surface area contributed by atoms with Crippen molar-refractivity contribution >= 4 is 5.69 Å². The van der Waals surface area contributed by atoms with E-state index in [2.05, 4.69) is 5.10 Å². The van der Waals surface area contributed by atoms with Crippen molar-refractivity contribution in [1.29, 1.82) is 0 Å². The molecule has 0 saturated carbocycles. The van der Waals surface area contributed by atoms with Gasteiger partial charge in [-0.15, -0.1) is 0 Å². The molecule has 2 aromatic rings. The number of hydrogen-bond donors (Lipinski definition) is 1. The van der Waals surface area contributed by atoms with E-state index in [0.717, 1.165) is 5.56 Å². The standard InChI is InChI=1S/C11H11FN3O2/c1-8-11(15(16)17)6-13-14(8)7-9-3-2-4-10(12)5-9/h2-6H,7H2,1H3,(H,16,17)/q+1. The van der Waals surface area contributed by atoms with Crippen molar-refractivity contribution in [1.82, 2.24) is 9.78 Å². The van der Waals surface area contributed by atoms with E-state index in [9.17, 15) is 9.30 Å². The lowest BCUT2D eigenvalue weighted by Gasteiger charge is -2.03. The molecular weight excluding hydrogens is 225 g/mol. The molecule has 88 valence electrons. The van der Waals surface area contributed by atoms with Crippen LogP contribution in [0.4, 0.5) is 10.1 Å². The van der Waals surface area contributed by atoms with Crippen LogP contribution in [0.5, 0.6) is 0 Å². The van der Waals surface area contributed by atoms with Gasteiger partial charge in [0.15, 0.2) is 0 Å². The van der Waals surface area contributed by atoms with Gasteiger partial charge in [-0.1, -0.05) is 12.1 Å². The van der Waals surface area contributed by atoms with Gasteiger partial charge in [-0.05, 0) is 24.6 Å². The van der Waals surface area contributed by atoms with Crippen LogP contribution in [0.25, 0.3) is 0 Å². The minimum atomic E-state index is -0.319. The number of halogens is 1. The molecule has 2 rings (SSSR count). The molecule has 1 aromatic heterocycles. The highest BCUT2D eigenvalue weighted by Crippen LogP contribution is 2.16. The quantitative estimate of drug-likeness (QED) is 0.831. The Balaban J connectivity index is 2.28. The summed E-state index contributed by atoms with van der Waals surface area (Å²) in [6.07, 6.45) is 1.27. The fourth-order valence-electron chi connectivity index (χ4n) is 1.59. The average molecular weight is 236 g/mol. The first-order valence-corrected chi connectivity index (χ1v) is 5.01. The Kier molecular flexibility index (Phi) is 2.86. The van der Waals surface area contributed by atoms with Gasteiger partial charge >= 0.3 is 5.69 Å². The van der Waals surface area contributed by atoms with Gasteiger partial charge in [-0.3, -0.25) is 4.68 Å². The molecule has 1 N–H and O–H groups in total. The molecule has 1 heterocycles. The van der Waals surface area contributed by atoms with Crippen LogP contribution in [-0.2, 0) is 6.54 Å². The summed E-state index contributed by atoms with van der Waals surface area (Å²) < 4.78 is 14.5. The zero-order valence-electron chi connectivity index (χ0n) is 9.17. The van der Waals surface area contributed by atoms with Crippen LogP contribution >= 0.6 is 0 Å². The third-order valence-corrected chi connectivity index (χ3v) is 2.50. The number of benzene rings is 1. The summed E-state index contributed by atoms with van der Waals surface area (Å²) in [7, 11) is 0. The molecule has 0 spiro atoms. The van der Waals surface area contributed by atoms with Crippen LogP contribution in [0.1, 0.15) is 11.3 Å². The number of rotatable bonds is 3. The summed E-state index contributed by atoms with van der Waals surface area (Å²) in [6, 6.07) is 6.13. The van der Waals surface area contributed by atoms with Crippen LogP contribution in [0.3, 0.4) is 0 Å². The van der Waals surface area contributed by atoms with Crippen molar-refractivity contribution in [3.8, 4) is 0 Å². The van der Waals surface area contributed by atoms with Crippen molar-refractivity contribution in [3.05, 3.63) is 52.4 Å². The number of nitrogens with zero attached hydrogens (tertiary/aromatic N) is 3. The topological polar surface area (TPSA) is 58.1 Å². The fraction of sp³-hybridized carbons (Fsp3) is 0.182. The fourth-order valence-corrected chi connectivity index (χ4v) is 1.59. The molecule has 0 aliphatic carbocycles. The van der Waals surface area contributed by atoms with Gasteiger partial charge in [0.05, 0.1) is 11.5 Å². The molecular formula is C11H11FN3O2+. The largest absolute Gasteiger partial charge is 0.356 e. The Morgan fingerprint density at radius 2 is 2.29 bits per heavy atom. The van der Waals surface area contributed by atoms with Gasteiger partial charge in [-0.25, -0.2) is 9.60 Å². The summed E-state index contributed by atoms with van der Waals surface area (Å²) in [5, 5.41) is 12.7. The van der Waals surface area contributed by atoms with E-state index in [1.54, 1.807) is 19.1 Å². The predicted molar refractivity (Wildman–Crippen MR) is 57.5 cm³/mol. The molecule has 0 atom stereocenters. The van der Waals surface area contributed by atoms with E-state index in [1.807, 2.05) is 0 Å². The maximum absolute atomic E-state index is 13.0. The molecule has 0 amide bonds. The van der Waals surface area contributed by atoms with Gasteiger partial charge in [0, 0.05) is 0 Å². The minimum Gasteiger partial charge on any atom is -0.258 e. The maximum Gasteiger partial charge on any atom is 0.356 e.